The molecule has 1 aliphatic heterocycles. The number of carbonyl (C=O) groups is 1. The number of amides is 1. The maximum absolute atomic E-state index is 14.0. The fourth-order valence-corrected chi connectivity index (χ4v) is 4.15. The molecule has 1 fully saturated rings. The Balaban J connectivity index is 1.82. The molecule has 2 aliphatic rings. The largest absolute Gasteiger partial charge is 0.318 e. The fourth-order valence-electron chi connectivity index (χ4n) is 3.63. The highest BCUT2D eigenvalue weighted by atomic mass is 32.1. The quantitative estimate of drug-likeness (QED) is 0.773. The van der Waals surface area contributed by atoms with Crippen molar-refractivity contribution < 1.29 is 9.18 Å². The van der Waals surface area contributed by atoms with E-state index < -0.39 is 11.7 Å². The molecule has 0 saturated carbocycles. The zero-order valence-electron chi connectivity index (χ0n) is 16.1. The molecule has 4 rings (SSSR count). The summed E-state index contributed by atoms with van der Waals surface area (Å²) in [5.41, 5.74) is -0.441. The van der Waals surface area contributed by atoms with Crippen molar-refractivity contribution in [3.63, 3.8) is 0 Å². The number of aromatic nitrogens is 1. The van der Waals surface area contributed by atoms with E-state index in [0.29, 0.717) is 16.8 Å². The van der Waals surface area contributed by atoms with Gasteiger partial charge in [-0.25, -0.2) is 4.39 Å². The van der Waals surface area contributed by atoms with Crippen molar-refractivity contribution in [1.82, 2.24) is 9.47 Å². The van der Waals surface area contributed by atoms with Crippen molar-refractivity contribution in [2.45, 2.75) is 25.6 Å². The number of pyridine rings is 1. The molecule has 1 aromatic heterocycles. The molecule has 0 bridgehead atoms. The molecule has 1 atom stereocenters. The van der Waals surface area contributed by atoms with E-state index in [-0.39, 0.29) is 22.3 Å². The van der Waals surface area contributed by atoms with Crippen LogP contribution in [0, 0.1) is 5.41 Å². The summed E-state index contributed by atoms with van der Waals surface area (Å²) in [5, 5.41) is 9.05. The van der Waals surface area contributed by atoms with Gasteiger partial charge >= 0.3 is 0 Å². The first-order valence-electron chi connectivity index (χ1n) is 9.03. The molecular weight excluding hydrogens is 391 g/mol. The number of rotatable bonds is 2. The number of fused-ring (bicyclic) bond motifs is 1. The summed E-state index contributed by atoms with van der Waals surface area (Å²) in [4.78, 5) is 28.7. The number of halogens is 1. The number of hydrogen-bond donors (Lipinski definition) is 1. The zero-order chi connectivity index (χ0) is 21.1. The maximum atomic E-state index is 14.0. The average molecular weight is 410 g/mol. The number of benzene rings is 1. The van der Waals surface area contributed by atoms with E-state index in [1.54, 1.807) is 38.1 Å². The van der Waals surface area contributed by atoms with Gasteiger partial charge in [0.2, 0.25) is 0 Å². The van der Waals surface area contributed by atoms with E-state index >= 15 is 0 Å². The Bertz CT molecular complexity index is 1210. The molecule has 2 aromatic rings. The number of nitrogens with one attached hydrogen (secondary N) is 1. The number of carbonyl (C=O) groups excluding carboxylic acids is 1. The number of thiocarbonyl (C=S) groups is 1. The lowest BCUT2D eigenvalue weighted by molar-refractivity contribution is -0.128. The molecule has 2 heterocycles. The van der Waals surface area contributed by atoms with E-state index in [0.717, 1.165) is 5.39 Å². The molecule has 0 spiro atoms. The molecule has 0 radical (unpaired) electrons. The van der Waals surface area contributed by atoms with E-state index in [4.69, 9.17) is 17.6 Å². The Morgan fingerprint density at radius 1 is 1.17 bits per heavy atom. The van der Waals surface area contributed by atoms with Crippen LogP contribution in [0.25, 0.3) is 10.8 Å². The first-order valence-corrected chi connectivity index (χ1v) is 9.44. The second kappa shape index (κ2) is 6.45. The van der Waals surface area contributed by atoms with Gasteiger partial charge in [-0.2, -0.15) is 0 Å². The van der Waals surface area contributed by atoms with E-state index in [9.17, 15) is 14.0 Å². The summed E-state index contributed by atoms with van der Waals surface area (Å²) in [7, 11) is 1.68. The summed E-state index contributed by atoms with van der Waals surface area (Å²) < 4.78 is 15.5. The van der Waals surface area contributed by atoms with Crippen LogP contribution in [0.1, 0.15) is 13.8 Å². The molecule has 8 heteroatoms. The Hall–Kier alpha value is -3.13. The van der Waals surface area contributed by atoms with Gasteiger partial charge in [0.1, 0.15) is 5.54 Å². The monoisotopic (exact) mass is 410 g/mol. The summed E-state index contributed by atoms with van der Waals surface area (Å²) in [6.45, 7) is 3.47. The van der Waals surface area contributed by atoms with Crippen molar-refractivity contribution in [2.24, 2.45) is 7.05 Å². The zero-order valence-corrected chi connectivity index (χ0v) is 17.0. The van der Waals surface area contributed by atoms with Gasteiger partial charge in [-0.15, -0.1) is 0 Å². The standard InChI is InChI=1S/C21H19FN4O2S/c1-21(2)19(28)25(13-6-7-17(23)16(22)11-13)20(29)26(21)14-5-4-12-8-9-24(3)18(27)15(12)10-14/h4-11,16,23H,1-3H3. The van der Waals surface area contributed by atoms with Crippen LogP contribution in [0.3, 0.4) is 0 Å². The highest BCUT2D eigenvalue weighted by Gasteiger charge is 2.50. The van der Waals surface area contributed by atoms with Gasteiger partial charge in [-0.1, -0.05) is 6.07 Å². The van der Waals surface area contributed by atoms with Gasteiger partial charge in [0, 0.05) is 24.3 Å². The fraction of sp³-hybridized carbons (Fsp3) is 0.238. The van der Waals surface area contributed by atoms with Gasteiger partial charge < -0.3 is 14.9 Å². The summed E-state index contributed by atoms with van der Waals surface area (Å²) in [5.74, 6) is -0.305. The predicted molar refractivity (Wildman–Crippen MR) is 115 cm³/mol. The SMILES string of the molecule is Cn1ccc2ccc(N3C(=S)N(C4=CC(F)C(=N)C=C4)C(=O)C3(C)C)cc2c1=O. The smallest absolute Gasteiger partial charge is 0.259 e. The number of allylic oxidation sites excluding steroid dienone is 3. The highest BCUT2D eigenvalue weighted by molar-refractivity contribution is 7.80. The molecule has 1 unspecified atom stereocenters. The van der Waals surface area contributed by atoms with Crippen LogP contribution < -0.4 is 10.5 Å². The van der Waals surface area contributed by atoms with Gasteiger partial charge in [-0.3, -0.25) is 14.5 Å². The molecule has 29 heavy (non-hydrogen) atoms. The van der Waals surface area contributed by atoms with Crippen molar-refractivity contribution in [3.8, 4) is 0 Å². The number of anilines is 1. The predicted octanol–water partition coefficient (Wildman–Crippen LogP) is 3.06. The van der Waals surface area contributed by atoms with Crippen molar-refractivity contribution in [1.29, 1.82) is 5.41 Å². The Morgan fingerprint density at radius 2 is 1.90 bits per heavy atom. The molecule has 6 nitrogen and oxygen atoms in total. The molecule has 1 saturated heterocycles. The molecule has 148 valence electrons. The Labute approximate surface area is 172 Å². The number of hydrogen-bond acceptors (Lipinski definition) is 4. The number of alkyl halides is 1. The van der Waals surface area contributed by atoms with Crippen molar-refractivity contribution in [2.75, 3.05) is 4.90 Å². The lowest BCUT2D eigenvalue weighted by Gasteiger charge is -2.29. The third kappa shape index (κ3) is 2.82. The second-order valence-corrected chi connectivity index (χ2v) is 7.97. The minimum Gasteiger partial charge on any atom is -0.318 e. The summed E-state index contributed by atoms with van der Waals surface area (Å²) >= 11 is 5.60. The lowest BCUT2D eigenvalue weighted by Crippen LogP contribution is -2.44. The minimum atomic E-state index is -1.59. The highest BCUT2D eigenvalue weighted by Crippen LogP contribution is 2.37. The van der Waals surface area contributed by atoms with Gasteiger partial charge in [-0.05, 0) is 67.9 Å². The molecule has 1 aromatic carbocycles. The maximum Gasteiger partial charge on any atom is 0.259 e. The number of nitrogens with zero attached hydrogens (tertiary/aromatic N) is 3. The van der Waals surface area contributed by atoms with E-state index in [1.807, 2.05) is 18.2 Å². The van der Waals surface area contributed by atoms with Crippen LogP contribution in [0.4, 0.5) is 10.1 Å². The van der Waals surface area contributed by atoms with Gasteiger partial charge in [0.25, 0.3) is 11.5 Å². The van der Waals surface area contributed by atoms with Crippen LogP contribution in [-0.4, -0.2) is 37.9 Å². The topological polar surface area (TPSA) is 69.4 Å². The second-order valence-electron chi connectivity index (χ2n) is 7.60. The van der Waals surface area contributed by atoms with Gasteiger partial charge in [0.05, 0.1) is 11.4 Å². The lowest BCUT2D eigenvalue weighted by atomic mass is 10.0. The van der Waals surface area contributed by atoms with Crippen LogP contribution in [0.15, 0.2) is 59.2 Å². The summed E-state index contributed by atoms with van der Waals surface area (Å²) in [6.07, 6.45) is 4.16. The number of aryl methyl sites for hydroxylation is 1. The first kappa shape index (κ1) is 19.2. The third-order valence-corrected chi connectivity index (χ3v) is 5.66. The molecule has 1 amide bonds. The van der Waals surface area contributed by atoms with Crippen LogP contribution in [0.5, 0.6) is 0 Å². The van der Waals surface area contributed by atoms with Crippen molar-refractivity contribution in [3.05, 3.63) is 64.7 Å². The molecule has 1 aliphatic carbocycles. The Kier molecular flexibility index (Phi) is 4.27. The normalized spacial score (nSPS) is 21.3. The Morgan fingerprint density at radius 3 is 2.59 bits per heavy atom. The first-order chi connectivity index (χ1) is 13.6. The van der Waals surface area contributed by atoms with Crippen LogP contribution in [-0.2, 0) is 11.8 Å². The van der Waals surface area contributed by atoms with Crippen LogP contribution >= 0.6 is 12.2 Å². The van der Waals surface area contributed by atoms with E-state index in [2.05, 4.69) is 0 Å². The van der Waals surface area contributed by atoms with E-state index in [1.165, 1.54) is 27.7 Å². The minimum absolute atomic E-state index is 0.146. The molecular formula is C21H19FN4O2S. The van der Waals surface area contributed by atoms with Crippen molar-refractivity contribution >= 4 is 45.4 Å². The van der Waals surface area contributed by atoms with Gasteiger partial charge in [0.15, 0.2) is 11.3 Å². The summed E-state index contributed by atoms with van der Waals surface area (Å²) in [6, 6.07) is 7.20. The molecule has 1 N–H and O–H groups in total. The van der Waals surface area contributed by atoms with Crippen LogP contribution in [0.2, 0.25) is 0 Å². The average Bonchev–Trinajstić information content (AvgIpc) is 2.85. The third-order valence-electron chi connectivity index (χ3n) is 5.30.